The van der Waals surface area contributed by atoms with E-state index in [4.69, 9.17) is 0 Å². The fraction of sp³-hybridized carbons (Fsp3) is 0.0952. The van der Waals surface area contributed by atoms with Gasteiger partial charge in [-0.3, -0.25) is 4.79 Å². The van der Waals surface area contributed by atoms with Crippen LogP contribution >= 0.6 is 11.8 Å². The maximum atomic E-state index is 12.4. The first kappa shape index (κ1) is 14.3. The van der Waals surface area contributed by atoms with Crippen LogP contribution in [0.2, 0.25) is 0 Å². The predicted molar refractivity (Wildman–Crippen MR) is 97.0 cm³/mol. The molecule has 3 aromatic carbocycles. The fourth-order valence-corrected chi connectivity index (χ4v) is 4.24. The molecule has 0 fully saturated rings. The Morgan fingerprint density at radius 2 is 1.26 bits per heavy atom. The van der Waals surface area contributed by atoms with Gasteiger partial charge in [0, 0.05) is 17.2 Å². The van der Waals surface area contributed by atoms with Gasteiger partial charge in [0.1, 0.15) is 0 Å². The Morgan fingerprint density at radius 3 is 1.87 bits per heavy atom. The molecule has 0 spiro atoms. The number of carbonyl (C=O) groups is 1. The summed E-state index contributed by atoms with van der Waals surface area (Å²) >= 11 is 1.42. The standard InChI is InChI=1S/C21H16OS/c22-21(15-8-2-1-3-9-15)23-14-20-18-12-6-4-10-16(18)17-11-5-7-13-19(17)20/h1-13,20H,14H2. The molecule has 1 nitrogen and oxygen atoms in total. The van der Waals surface area contributed by atoms with E-state index >= 15 is 0 Å². The molecule has 3 aromatic rings. The Hall–Kier alpha value is -2.32. The van der Waals surface area contributed by atoms with E-state index in [2.05, 4.69) is 48.5 Å². The molecule has 0 saturated heterocycles. The molecule has 0 N–H and O–H groups in total. The predicted octanol–water partition coefficient (Wildman–Crippen LogP) is 5.37. The molecule has 0 heterocycles. The molecular formula is C21H16OS. The van der Waals surface area contributed by atoms with E-state index in [9.17, 15) is 4.79 Å². The first-order chi connectivity index (χ1) is 11.3. The SMILES string of the molecule is O=C(SCC1c2ccccc2-c2ccccc21)c1ccccc1. The number of rotatable bonds is 3. The fourth-order valence-electron chi connectivity index (χ4n) is 3.26. The molecule has 4 rings (SSSR count). The highest BCUT2D eigenvalue weighted by Gasteiger charge is 2.28. The smallest absolute Gasteiger partial charge is 0.219 e. The molecule has 0 atom stereocenters. The first-order valence-corrected chi connectivity index (χ1v) is 8.73. The van der Waals surface area contributed by atoms with Crippen molar-refractivity contribution in [2.75, 3.05) is 5.75 Å². The van der Waals surface area contributed by atoms with Crippen molar-refractivity contribution in [3.8, 4) is 11.1 Å². The topological polar surface area (TPSA) is 17.1 Å². The van der Waals surface area contributed by atoms with Crippen LogP contribution in [0.4, 0.5) is 0 Å². The number of hydrogen-bond acceptors (Lipinski definition) is 2. The van der Waals surface area contributed by atoms with Crippen LogP contribution in [0.1, 0.15) is 27.4 Å². The van der Waals surface area contributed by atoms with Crippen LogP contribution in [-0.4, -0.2) is 10.9 Å². The minimum absolute atomic E-state index is 0.146. The van der Waals surface area contributed by atoms with Crippen molar-refractivity contribution in [1.82, 2.24) is 0 Å². The van der Waals surface area contributed by atoms with Crippen molar-refractivity contribution >= 4 is 16.9 Å². The largest absolute Gasteiger partial charge is 0.282 e. The number of carbonyl (C=O) groups excluding carboxylic acids is 1. The summed E-state index contributed by atoms with van der Waals surface area (Å²) in [4.78, 5) is 12.4. The Balaban J connectivity index is 1.61. The molecule has 0 unspecified atom stereocenters. The zero-order valence-electron chi connectivity index (χ0n) is 12.6. The van der Waals surface area contributed by atoms with Crippen LogP contribution in [-0.2, 0) is 0 Å². The highest BCUT2D eigenvalue weighted by atomic mass is 32.2. The van der Waals surface area contributed by atoms with Gasteiger partial charge in [-0.1, -0.05) is 90.6 Å². The summed E-state index contributed by atoms with van der Waals surface area (Å²) in [5, 5.41) is 0.146. The molecule has 1 aliphatic carbocycles. The molecule has 0 radical (unpaired) electrons. The van der Waals surface area contributed by atoms with E-state index in [1.54, 1.807) is 0 Å². The first-order valence-electron chi connectivity index (χ1n) is 7.75. The van der Waals surface area contributed by atoms with Gasteiger partial charge in [0.15, 0.2) is 0 Å². The van der Waals surface area contributed by atoms with Gasteiger partial charge in [-0.15, -0.1) is 0 Å². The third-order valence-corrected chi connectivity index (χ3v) is 5.35. The normalized spacial score (nSPS) is 12.7. The van der Waals surface area contributed by atoms with Crippen molar-refractivity contribution in [2.45, 2.75) is 5.92 Å². The molecular weight excluding hydrogens is 300 g/mol. The second-order valence-electron chi connectivity index (χ2n) is 5.69. The lowest BCUT2D eigenvalue weighted by atomic mass is 9.99. The quantitative estimate of drug-likeness (QED) is 0.646. The van der Waals surface area contributed by atoms with Gasteiger partial charge in [0.25, 0.3) is 0 Å². The Labute approximate surface area is 140 Å². The second kappa shape index (κ2) is 6.05. The molecule has 1 aliphatic rings. The molecule has 0 bridgehead atoms. The molecule has 0 aromatic heterocycles. The lowest BCUT2D eigenvalue weighted by Crippen LogP contribution is -2.03. The zero-order valence-corrected chi connectivity index (χ0v) is 13.4. The van der Waals surface area contributed by atoms with E-state index in [-0.39, 0.29) is 5.12 Å². The van der Waals surface area contributed by atoms with Crippen LogP contribution < -0.4 is 0 Å². The summed E-state index contributed by atoms with van der Waals surface area (Å²) in [6.07, 6.45) is 0. The van der Waals surface area contributed by atoms with Crippen LogP contribution in [0.5, 0.6) is 0 Å². The highest BCUT2D eigenvalue weighted by molar-refractivity contribution is 8.14. The third-order valence-electron chi connectivity index (χ3n) is 4.35. The number of thioether (sulfide) groups is 1. The van der Waals surface area contributed by atoms with Crippen molar-refractivity contribution in [3.05, 3.63) is 95.6 Å². The lowest BCUT2D eigenvalue weighted by Gasteiger charge is -2.12. The minimum atomic E-state index is 0.146. The van der Waals surface area contributed by atoms with Gasteiger partial charge in [-0.25, -0.2) is 0 Å². The van der Waals surface area contributed by atoms with Gasteiger partial charge < -0.3 is 0 Å². The molecule has 0 saturated carbocycles. The van der Waals surface area contributed by atoms with Gasteiger partial charge in [-0.2, -0.15) is 0 Å². The summed E-state index contributed by atoms with van der Waals surface area (Å²) in [5.41, 5.74) is 6.06. The molecule has 0 amide bonds. The Bertz CT molecular complexity index is 809. The Kier molecular flexibility index (Phi) is 3.76. The van der Waals surface area contributed by atoms with E-state index in [0.717, 1.165) is 11.3 Å². The van der Waals surface area contributed by atoms with E-state index in [1.165, 1.54) is 34.0 Å². The Morgan fingerprint density at radius 1 is 0.739 bits per heavy atom. The van der Waals surface area contributed by atoms with E-state index in [1.807, 2.05) is 30.3 Å². The summed E-state index contributed by atoms with van der Waals surface area (Å²) < 4.78 is 0. The summed E-state index contributed by atoms with van der Waals surface area (Å²) in [6.45, 7) is 0. The highest BCUT2D eigenvalue weighted by Crippen LogP contribution is 2.45. The zero-order chi connectivity index (χ0) is 15.6. The molecule has 0 aliphatic heterocycles. The molecule has 112 valence electrons. The number of benzene rings is 3. The maximum absolute atomic E-state index is 12.4. The van der Waals surface area contributed by atoms with Crippen molar-refractivity contribution in [2.24, 2.45) is 0 Å². The van der Waals surface area contributed by atoms with Crippen LogP contribution in [0.15, 0.2) is 78.9 Å². The van der Waals surface area contributed by atoms with Gasteiger partial charge in [-0.05, 0) is 22.3 Å². The van der Waals surface area contributed by atoms with Gasteiger partial charge in [0.2, 0.25) is 5.12 Å². The van der Waals surface area contributed by atoms with Crippen LogP contribution in [0.3, 0.4) is 0 Å². The minimum Gasteiger partial charge on any atom is -0.282 e. The average Bonchev–Trinajstić information content (AvgIpc) is 2.94. The monoisotopic (exact) mass is 316 g/mol. The van der Waals surface area contributed by atoms with Crippen LogP contribution in [0, 0.1) is 0 Å². The number of hydrogen-bond donors (Lipinski definition) is 0. The number of fused-ring (bicyclic) bond motifs is 3. The van der Waals surface area contributed by atoms with Crippen molar-refractivity contribution < 1.29 is 4.79 Å². The third kappa shape index (κ3) is 2.60. The summed E-state index contributed by atoms with van der Waals surface area (Å²) in [6, 6.07) is 26.6. The lowest BCUT2D eigenvalue weighted by molar-refractivity contribution is 0.108. The van der Waals surface area contributed by atoms with Gasteiger partial charge in [0.05, 0.1) is 0 Å². The molecule has 2 heteroatoms. The van der Waals surface area contributed by atoms with Crippen molar-refractivity contribution in [1.29, 1.82) is 0 Å². The van der Waals surface area contributed by atoms with E-state index in [0.29, 0.717) is 5.92 Å². The second-order valence-corrected chi connectivity index (χ2v) is 6.68. The summed E-state index contributed by atoms with van der Waals surface area (Å²) in [7, 11) is 0. The summed E-state index contributed by atoms with van der Waals surface area (Å²) in [5.74, 6) is 1.07. The van der Waals surface area contributed by atoms with Crippen LogP contribution in [0.25, 0.3) is 11.1 Å². The van der Waals surface area contributed by atoms with Crippen molar-refractivity contribution in [3.63, 3.8) is 0 Å². The average molecular weight is 316 g/mol. The maximum Gasteiger partial charge on any atom is 0.219 e. The van der Waals surface area contributed by atoms with Gasteiger partial charge >= 0.3 is 0 Å². The van der Waals surface area contributed by atoms with E-state index < -0.39 is 0 Å². The molecule has 23 heavy (non-hydrogen) atoms.